The second-order valence-corrected chi connectivity index (χ2v) is 6.97. The van der Waals surface area contributed by atoms with Crippen LogP contribution in [0.2, 0.25) is 0 Å². The molecule has 130 valence electrons. The van der Waals surface area contributed by atoms with Crippen molar-refractivity contribution in [3.8, 4) is 11.3 Å². The normalized spacial score (nSPS) is 12.9. The Kier molecular flexibility index (Phi) is 5.39. The lowest BCUT2D eigenvalue weighted by Gasteiger charge is -2.25. The minimum atomic E-state index is -0.487. The predicted octanol–water partition coefficient (Wildman–Crippen LogP) is 2.75. The number of halogens is 1. The molecule has 0 aliphatic carbocycles. The Labute approximate surface area is 141 Å². The lowest BCUT2D eigenvalue weighted by molar-refractivity contribution is 0.0550. The quantitative estimate of drug-likeness (QED) is 0.884. The highest BCUT2D eigenvalue weighted by Gasteiger charge is 2.22. The summed E-state index contributed by atoms with van der Waals surface area (Å²) in [6.45, 7) is 6.25. The summed E-state index contributed by atoms with van der Waals surface area (Å²) < 4.78 is 14.5. The van der Waals surface area contributed by atoms with Crippen LogP contribution in [0.25, 0.3) is 11.3 Å². The van der Waals surface area contributed by atoms with Crippen LogP contribution in [0.5, 0.6) is 0 Å². The smallest absolute Gasteiger partial charge is 0.269 e. The molecule has 0 saturated heterocycles. The van der Waals surface area contributed by atoms with E-state index in [1.807, 2.05) is 20.8 Å². The van der Waals surface area contributed by atoms with Gasteiger partial charge < -0.3 is 10.4 Å². The van der Waals surface area contributed by atoms with Crippen LogP contribution in [0, 0.1) is 11.2 Å². The van der Waals surface area contributed by atoms with Gasteiger partial charge in [0.1, 0.15) is 11.5 Å². The molecule has 1 atom stereocenters. The maximum absolute atomic E-state index is 13.0. The fourth-order valence-electron chi connectivity index (χ4n) is 2.29. The highest BCUT2D eigenvalue weighted by Crippen LogP contribution is 2.21. The first kappa shape index (κ1) is 18.1. The average Bonchev–Trinajstić information content (AvgIpc) is 2.88. The third-order valence-electron chi connectivity index (χ3n) is 3.96. The van der Waals surface area contributed by atoms with Gasteiger partial charge in [-0.2, -0.15) is 5.10 Å². The van der Waals surface area contributed by atoms with Crippen LogP contribution in [0.4, 0.5) is 4.39 Å². The molecule has 1 aromatic heterocycles. The first-order chi connectivity index (χ1) is 11.2. The van der Waals surface area contributed by atoms with Gasteiger partial charge in [0.15, 0.2) is 0 Å². The van der Waals surface area contributed by atoms with Crippen LogP contribution >= 0.6 is 0 Å². The van der Waals surface area contributed by atoms with Crippen LogP contribution in [0.3, 0.4) is 0 Å². The molecule has 5 nitrogen and oxygen atoms in total. The molecule has 1 amide bonds. The number of amides is 1. The highest BCUT2D eigenvalue weighted by atomic mass is 19.1. The van der Waals surface area contributed by atoms with Crippen LogP contribution in [0.1, 0.15) is 37.7 Å². The highest BCUT2D eigenvalue weighted by molar-refractivity contribution is 5.93. The van der Waals surface area contributed by atoms with Gasteiger partial charge in [0.25, 0.3) is 5.91 Å². The Morgan fingerprint density at radius 2 is 1.96 bits per heavy atom. The van der Waals surface area contributed by atoms with Gasteiger partial charge in [-0.25, -0.2) is 4.39 Å². The first-order valence-electron chi connectivity index (χ1n) is 7.94. The summed E-state index contributed by atoms with van der Waals surface area (Å²) in [5.74, 6) is -0.565. The van der Waals surface area contributed by atoms with Crippen molar-refractivity contribution in [3.05, 3.63) is 41.8 Å². The van der Waals surface area contributed by atoms with E-state index in [1.165, 1.54) is 16.8 Å². The second-order valence-electron chi connectivity index (χ2n) is 6.97. The lowest BCUT2D eigenvalue weighted by atomic mass is 9.87. The summed E-state index contributed by atoms with van der Waals surface area (Å²) in [6.07, 6.45) is -0.00289. The Balaban J connectivity index is 2.02. The number of aryl methyl sites for hydroxylation is 1. The van der Waals surface area contributed by atoms with E-state index in [1.54, 1.807) is 25.2 Å². The Morgan fingerprint density at radius 3 is 2.54 bits per heavy atom. The zero-order valence-corrected chi connectivity index (χ0v) is 14.5. The van der Waals surface area contributed by atoms with Crippen molar-refractivity contribution < 1.29 is 14.3 Å². The van der Waals surface area contributed by atoms with Gasteiger partial charge in [-0.05, 0) is 42.2 Å². The van der Waals surface area contributed by atoms with Crippen molar-refractivity contribution >= 4 is 5.91 Å². The maximum atomic E-state index is 13.0. The van der Waals surface area contributed by atoms with Gasteiger partial charge in [-0.1, -0.05) is 20.8 Å². The van der Waals surface area contributed by atoms with E-state index in [2.05, 4.69) is 10.4 Å². The predicted molar refractivity (Wildman–Crippen MR) is 91.0 cm³/mol. The molecule has 0 bridgehead atoms. The molecule has 2 aromatic rings. The van der Waals surface area contributed by atoms with E-state index < -0.39 is 6.10 Å². The number of rotatable bonds is 5. The van der Waals surface area contributed by atoms with Gasteiger partial charge in [-0.15, -0.1) is 0 Å². The Hall–Kier alpha value is -2.21. The molecule has 0 unspecified atom stereocenters. The third-order valence-corrected chi connectivity index (χ3v) is 3.96. The van der Waals surface area contributed by atoms with E-state index in [0.29, 0.717) is 24.4 Å². The fraction of sp³-hybridized carbons (Fsp3) is 0.444. The van der Waals surface area contributed by atoms with Crippen molar-refractivity contribution in [1.29, 1.82) is 0 Å². The zero-order valence-electron chi connectivity index (χ0n) is 14.5. The molecule has 2 rings (SSSR count). The maximum Gasteiger partial charge on any atom is 0.269 e. The van der Waals surface area contributed by atoms with Gasteiger partial charge in [-0.3, -0.25) is 9.48 Å². The monoisotopic (exact) mass is 333 g/mol. The number of carbonyl (C=O) groups is 1. The van der Waals surface area contributed by atoms with Crippen molar-refractivity contribution in [2.45, 2.75) is 33.3 Å². The van der Waals surface area contributed by atoms with E-state index in [9.17, 15) is 14.3 Å². The zero-order chi connectivity index (χ0) is 17.9. The molecule has 1 heterocycles. The summed E-state index contributed by atoms with van der Waals surface area (Å²) in [4.78, 5) is 12.3. The fourth-order valence-corrected chi connectivity index (χ4v) is 2.29. The molecular weight excluding hydrogens is 309 g/mol. The van der Waals surface area contributed by atoms with Crippen LogP contribution in [0.15, 0.2) is 30.3 Å². The lowest BCUT2D eigenvalue weighted by Crippen LogP contribution is -2.33. The Bertz CT molecular complexity index is 702. The molecule has 24 heavy (non-hydrogen) atoms. The molecule has 0 spiro atoms. The molecule has 0 fully saturated rings. The van der Waals surface area contributed by atoms with E-state index in [4.69, 9.17) is 0 Å². The number of aliphatic hydroxyl groups is 1. The number of hydrogen-bond acceptors (Lipinski definition) is 3. The average molecular weight is 333 g/mol. The summed E-state index contributed by atoms with van der Waals surface area (Å²) >= 11 is 0. The van der Waals surface area contributed by atoms with Gasteiger partial charge in [0, 0.05) is 19.2 Å². The number of hydrogen-bond donors (Lipinski definition) is 2. The molecule has 0 aliphatic rings. The number of aromatic nitrogens is 2. The van der Waals surface area contributed by atoms with Gasteiger partial charge in [0.2, 0.25) is 0 Å². The van der Waals surface area contributed by atoms with E-state index in [-0.39, 0.29) is 17.1 Å². The van der Waals surface area contributed by atoms with Crippen LogP contribution in [-0.4, -0.2) is 33.4 Å². The Morgan fingerprint density at radius 1 is 1.33 bits per heavy atom. The minimum absolute atomic E-state index is 0.215. The van der Waals surface area contributed by atoms with Crippen molar-refractivity contribution in [1.82, 2.24) is 15.1 Å². The third kappa shape index (κ3) is 4.41. The molecule has 0 saturated carbocycles. The number of aliphatic hydroxyl groups excluding tert-OH is 1. The van der Waals surface area contributed by atoms with Crippen molar-refractivity contribution in [2.24, 2.45) is 12.5 Å². The molecular formula is C18H24FN3O2. The van der Waals surface area contributed by atoms with Gasteiger partial charge in [0.05, 0.1) is 11.8 Å². The number of carbonyl (C=O) groups excluding carboxylic acids is 1. The van der Waals surface area contributed by atoms with Crippen LogP contribution in [-0.2, 0) is 7.05 Å². The second kappa shape index (κ2) is 7.13. The molecule has 0 radical (unpaired) electrons. The molecule has 6 heteroatoms. The largest absolute Gasteiger partial charge is 0.393 e. The number of nitrogens with zero attached hydrogens (tertiary/aromatic N) is 2. The number of benzene rings is 1. The summed E-state index contributed by atoms with van der Waals surface area (Å²) in [6, 6.07) is 7.64. The summed E-state index contributed by atoms with van der Waals surface area (Å²) in [5, 5.41) is 17.1. The van der Waals surface area contributed by atoms with Crippen molar-refractivity contribution in [3.63, 3.8) is 0 Å². The minimum Gasteiger partial charge on any atom is -0.393 e. The van der Waals surface area contributed by atoms with Gasteiger partial charge >= 0.3 is 0 Å². The summed E-state index contributed by atoms with van der Waals surface area (Å²) in [5.41, 5.74) is 1.55. The van der Waals surface area contributed by atoms with Crippen molar-refractivity contribution in [2.75, 3.05) is 6.54 Å². The molecule has 2 N–H and O–H groups in total. The standard InChI is InChI=1S/C18H24FN3O2/c1-18(2,3)16(23)9-10-20-17(24)15-11-14(21-22(15)4)12-5-7-13(19)8-6-12/h5-8,11,16,23H,9-10H2,1-4H3,(H,20,24)/t16-/m0/s1. The molecule has 1 aromatic carbocycles. The van der Waals surface area contributed by atoms with Crippen LogP contribution < -0.4 is 5.32 Å². The van der Waals surface area contributed by atoms with E-state index >= 15 is 0 Å². The SMILES string of the molecule is Cn1nc(-c2ccc(F)cc2)cc1C(=O)NCC[C@H](O)C(C)(C)C. The molecule has 0 aliphatic heterocycles. The number of nitrogens with one attached hydrogen (secondary N) is 1. The topological polar surface area (TPSA) is 67.2 Å². The first-order valence-corrected chi connectivity index (χ1v) is 7.94. The summed E-state index contributed by atoms with van der Waals surface area (Å²) in [7, 11) is 1.69. The van der Waals surface area contributed by atoms with E-state index in [0.717, 1.165) is 5.56 Å².